The third-order valence-corrected chi connectivity index (χ3v) is 4.70. The number of carbonyl (C=O) groups excluding carboxylic acids is 1. The highest BCUT2D eigenvalue weighted by molar-refractivity contribution is 5.92. The number of methoxy groups -OCH3 is 2. The summed E-state index contributed by atoms with van der Waals surface area (Å²) in [4.78, 5) is 21.4. The van der Waals surface area contributed by atoms with Crippen LogP contribution in [0.4, 0.5) is 11.5 Å². The van der Waals surface area contributed by atoms with E-state index < -0.39 is 0 Å². The molecule has 1 aromatic heterocycles. The number of nitrogens with zero attached hydrogens (tertiary/aromatic N) is 3. The summed E-state index contributed by atoms with van der Waals surface area (Å²) in [6.07, 6.45) is 1.92. The molecule has 0 radical (unpaired) electrons. The average molecular weight is 370 g/mol. The van der Waals surface area contributed by atoms with Crippen LogP contribution in [0.2, 0.25) is 0 Å². The molecule has 0 atom stereocenters. The van der Waals surface area contributed by atoms with Crippen molar-refractivity contribution in [2.75, 3.05) is 57.7 Å². The van der Waals surface area contributed by atoms with E-state index in [1.54, 1.807) is 26.5 Å². The first-order chi connectivity index (χ1) is 13.1. The fourth-order valence-electron chi connectivity index (χ4n) is 3.06. The number of likely N-dealkylation sites (N-methyl/N-ethyl adjacent to an activating group) is 1. The molecule has 1 aliphatic rings. The van der Waals surface area contributed by atoms with Crippen molar-refractivity contribution in [3.05, 3.63) is 42.1 Å². The minimum atomic E-state index is -0.118. The number of carbonyl (C=O) groups is 1. The number of aromatic nitrogens is 1. The first-order valence-electron chi connectivity index (χ1n) is 8.99. The van der Waals surface area contributed by atoms with E-state index in [0.29, 0.717) is 17.2 Å². The summed E-state index contributed by atoms with van der Waals surface area (Å²) in [6, 6.07) is 9.28. The molecular weight excluding hydrogens is 344 g/mol. The quantitative estimate of drug-likeness (QED) is 0.839. The number of hydrogen-bond donors (Lipinski definition) is 1. The summed E-state index contributed by atoms with van der Waals surface area (Å²) in [5.74, 6) is 2.15. The van der Waals surface area contributed by atoms with Gasteiger partial charge in [-0.2, -0.15) is 0 Å². The van der Waals surface area contributed by atoms with Crippen molar-refractivity contribution >= 4 is 17.4 Å². The van der Waals surface area contributed by atoms with E-state index in [1.165, 1.54) is 0 Å². The zero-order valence-corrected chi connectivity index (χ0v) is 16.1. The predicted octanol–water partition coefficient (Wildman–Crippen LogP) is 2.03. The monoisotopic (exact) mass is 370 g/mol. The Balaban J connectivity index is 1.59. The summed E-state index contributed by atoms with van der Waals surface area (Å²) in [7, 11) is 5.30. The lowest BCUT2D eigenvalue weighted by molar-refractivity contribution is -0.115. The minimum absolute atomic E-state index is 0.118. The normalized spacial score (nSPS) is 14.7. The van der Waals surface area contributed by atoms with Gasteiger partial charge in [-0.15, -0.1) is 0 Å². The van der Waals surface area contributed by atoms with Gasteiger partial charge in [-0.1, -0.05) is 6.07 Å². The Kier molecular flexibility index (Phi) is 6.13. The predicted molar refractivity (Wildman–Crippen MR) is 106 cm³/mol. The third kappa shape index (κ3) is 4.89. The number of piperazine rings is 1. The number of nitrogens with one attached hydrogen (secondary N) is 1. The number of hydrogen-bond acceptors (Lipinski definition) is 6. The van der Waals surface area contributed by atoms with Gasteiger partial charge in [0.05, 0.1) is 32.5 Å². The number of anilines is 2. The van der Waals surface area contributed by atoms with Crippen LogP contribution in [0.5, 0.6) is 11.5 Å². The summed E-state index contributed by atoms with van der Waals surface area (Å²) in [6.45, 7) is 3.99. The van der Waals surface area contributed by atoms with Crippen molar-refractivity contribution in [3.63, 3.8) is 0 Å². The van der Waals surface area contributed by atoms with E-state index in [-0.39, 0.29) is 12.3 Å². The fraction of sp³-hybridized carbons (Fsp3) is 0.400. The highest BCUT2D eigenvalue weighted by atomic mass is 16.5. The molecule has 1 fully saturated rings. The maximum Gasteiger partial charge on any atom is 0.228 e. The van der Waals surface area contributed by atoms with Gasteiger partial charge < -0.3 is 24.6 Å². The van der Waals surface area contributed by atoms with E-state index >= 15 is 0 Å². The lowest BCUT2D eigenvalue weighted by Gasteiger charge is -2.33. The maximum absolute atomic E-state index is 12.4. The molecular formula is C20H26N4O3. The molecule has 0 aliphatic carbocycles. The Labute approximate surface area is 159 Å². The first-order valence-corrected chi connectivity index (χ1v) is 8.99. The molecule has 3 rings (SSSR count). The molecule has 7 nitrogen and oxygen atoms in total. The van der Waals surface area contributed by atoms with Gasteiger partial charge in [0.1, 0.15) is 17.3 Å². The molecule has 0 spiro atoms. The van der Waals surface area contributed by atoms with Crippen LogP contribution in [-0.2, 0) is 11.2 Å². The molecule has 1 amide bonds. The Morgan fingerprint density at radius 1 is 1.11 bits per heavy atom. The second-order valence-electron chi connectivity index (χ2n) is 6.60. The van der Waals surface area contributed by atoms with E-state index in [0.717, 1.165) is 37.6 Å². The Morgan fingerprint density at radius 3 is 2.52 bits per heavy atom. The van der Waals surface area contributed by atoms with E-state index in [1.807, 2.05) is 24.3 Å². The van der Waals surface area contributed by atoms with Crippen LogP contribution in [0.25, 0.3) is 0 Å². The SMILES string of the molecule is COc1ccc(CC(=O)Nc2ccc(N3CCN(C)CC3)nc2)c(OC)c1. The van der Waals surface area contributed by atoms with Crippen molar-refractivity contribution in [3.8, 4) is 11.5 Å². The van der Waals surface area contributed by atoms with Gasteiger partial charge in [-0.25, -0.2) is 4.98 Å². The van der Waals surface area contributed by atoms with Crippen LogP contribution >= 0.6 is 0 Å². The Bertz CT molecular complexity index is 771. The van der Waals surface area contributed by atoms with Crippen molar-refractivity contribution < 1.29 is 14.3 Å². The van der Waals surface area contributed by atoms with Gasteiger partial charge in [0, 0.05) is 37.8 Å². The lowest BCUT2D eigenvalue weighted by Crippen LogP contribution is -2.44. The van der Waals surface area contributed by atoms with E-state index in [4.69, 9.17) is 9.47 Å². The summed E-state index contributed by atoms with van der Waals surface area (Å²) in [5.41, 5.74) is 1.49. The Hall–Kier alpha value is -2.80. The number of rotatable bonds is 6. The van der Waals surface area contributed by atoms with Gasteiger partial charge in [0.25, 0.3) is 0 Å². The number of benzene rings is 1. The van der Waals surface area contributed by atoms with Crippen LogP contribution in [0, 0.1) is 0 Å². The largest absolute Gasteiger partial charge is 0.497 e. The number of pyridine rings is 1. The van der Waals surface area contributed by atoms with E-state index in [9.17, 15) is 4.79 Å². The fourth-order valence-corrected chi connectivity index (χ4v) is 3.06. The maximum atomic E-state index is 12.4. The topological polar surface area (TPSA) is 66.9 Å². The standard InChI is InChI=1S/C20H26N4O3/c1-23-8-10-24(11-9-23)19-7-5-16(14-21-19)22-20(25)12-15-4-6-17(26-2)13-18(15)27-3/h4-7,13-14H,8-12H2,1-3H3,(H,22,25). The smallest absolute Gasteiger partial charge is 0.228 e. The van der Waals surface area contributed by atoms with Crippen LogP contribution in [0.1, 0.15) is 5.56 Å². The van der Waals surface area contributed by atoms with E-state index in [2.05, 4.69) is 27.1 Å². The highest BCUT2D eigenvalue weighted by Gasteiger charge is 2.15. The zero-order valence-electron chi connectivity index (χ0n) is 16.1. The summed E-state index contributed by atoms with van der Waals surface area (Å²) in [5, 5.41) is 2.89. The molecule has 7 heteroatoms. The molecule has 144 valence electrons. The minimum Gasteiger partial charge on any atom is -0.497 e. The van der Waals surface area contributed by atoms with Gasteiger partial charge in [-0.3, -0.25) is 4.79 Å². The third-order valence-electron chi connectivity index (χ3n) is 4.70. The van der Waals surface area contributed by atoms with Crippen LogP contribution in [0.15, 0.2) is 36.5 Å². The van der Waals surface area contributed by atoms with Crippen molar-refractivity contribution in [1.82, 2.24) is 9.88 Å². The van der Waals surface area contributed by atoms with Gasteiger partial charge in [0.2, 0.25) is 5.91 Å². The lowest BCUT2D eigenvalue weighted by atomic mass is 10.1. The second kappa shape index (κ2) is 8.73. The molecule has 2 aromatic rings. The van der Waals surface area contributed by atoms with Gasteiger partial charge >= 0.3 is 0 Å². The molecule has 1 aromatic carbocycles. The van der Waals surface area contributed by atoms with Crippen LogP contribution in [-0.4, -0.2) is 63.2 Å². The zero-order chi connectivity index (χ0) is 19.2. The van der Waals surface area contributed by atoms with Crippen molar-refractivity contribution in [1.29, 1.82) is 0 Å². The molecule has 0 bridgehead atoms. The molecule has 1 N–H and O–H groups in total. The second-order valence-corrected chi connectivity index (χ2v) is 6.60. The molecule has 1 aliphatic heterocycles. The molecule has 0 unspecified atom stereocenters. The summed E-state index contributed by atoms with van der Waals surface area (Å²) >= 11 is 0. The molecule has 2 heterocycles. The molecule has 1 saturated heterocycles. The van der Waals surface area contributed by atoms with Crippen molar-refractivity contribution in [2.45, 2.75) is 6.42 Å². The number of amides is 1. The van der Waals surface area contributed by atoms with Crippen LogP contribution < -0.4 is 19.7 Å². The highest BCUT2D eigenvalue weighted by Crippen LogP contribution is 2.25. The van der Waals surface area contributed by atoms with Gasteiger partial charge in [0.15, 0.2) is 0 Å². The summed E-state index contributed by atoms with van der Waals surface area (Å²) < 4.78 is 10.5. The molecule has 27 heavy (non-hydrogen) atoms. The first kappa shape index (κ1) is 19.0. The molecule has 0 saturated carbocycles. The number of ether oxygens (including phenoxy) is 2. The van der Waals surface area contributed by atoms with Gasteiger partial charge in [-0.05, 0) is 25.2 Å². The van der Waals surface area contributed by atoms with Crippen LogP contribution in [0.3, 0.4) is 0 Å². The Morgan fingerprint density at radius 2 is 1.89 bits per heavy atom. The van der Waals surface area contributed by atoms with Crippen molar-refractivity contribution in [2.24, 2.45) is 0 Å². The average Bonchev–Trinajstić information content (AvgIpc) is 2.69.